The van der Waals surface area contributed by atoms with Crippen molar-refractivity contribution >= 4 is 16.7 Å². The highest BCUT2D eigenvalue weighted by Gasteiger charge is 2.04. The van der Waals surface area contributed by atoms with Crippen molar-refractivity contribution in [1.29, 1.82) is 0 Å². The van der Waals surface area contributed by atoms with Gasteiger partial charge in [-0.15, -0.1) is 0 Å². The molecule has 2 aromatic rings. The van der Waals surface area contributed by atoms with Gasteiger partial charge in [-0.25, -0.2) is 0 Å². The maximum Gasteiger partial charge on any atom is 0.217 e. The third-order valence-electron chi connectivity index (χ3n) is 2.65. The molecule has 88 valence electrons. The first-order chi connectivity index (χ1) is 8.20. The number of benzene rings is 2. The van der Waals surface area contributed by atoms with Crippen LogP contribution in [0.1, 0.15) is 12.5 Å². The molecule has 0 aromatic heterocycles. The quantitative estimate of drug-likeness (QED) is 0.878. The minimum Gasteiger partial charge on any atom is -0.496 e. The third-order valence-corrected chi connectivity index (χ3v) is 2.65. The second-order valence-electron chi connectivity index (χ2n) is 3.93. The second kappa shape index (κ2) is 4.87. The molecule has 0 saturated heterocycles. The zero-order valence-electron chi connectivity index (χ0n) is 9.99. The van der Waals surface area contributed by atoms with Gasteiger partial charge < -0.3 is 10.1 Å². The highest BCUT2D eigenvalue weighted by atomic mass is 16.5. The Hall–Kier alpha value is -2.03. The zero-order valence-corrected chi connectivity index (χ0v) is 9.99. The van der Waals surface area contributed by atoms with Gasteiger partial charge in [0.05, 0.1) is 7.11 Å². The molecule has 3 nitrogen and oxygen atoms in total. The molecule has 2 aromatic carbocycles. The van der Waals surface area contributed by atoms with Crippen molar-refractivity contribution < 1.29 is 9.53 Å². The number of amides is 1. The molecule has 0 bridgehead atoms. The number of nitrogens with one attached hydrogen (secondary N) is 1. The summed E-state index contributed by atoms with van der Waals surface area (Å²) >= 11 is 0. The van der Waals surface area contributed by atoms with Gasteiger partial charge in [0.2, 0.25) is 5.91 Å². The topological polar surface area (TPSA) is 38.3 Å². The van der Waals surface area contributed by atoms with Gasteiger partial charge in [-0.1, -0.05) is 24.3 Å². The number of rotatable bonds is 3. The van der Waals surface area contributed by atoms with E-state index in [0.29, 0.717) is 6.54 Å². The van der Waals surface area contributed by atoms with Crippen LogP contribution in [0, 0.1) is 0 Å². The van der Waals surface area contributed by atoms with Crippen LogP contribution in [0.2, 0.25) is 0 Å². The van der Waals surface area contributed by atoms with Gasteiger partial charge in [-0.3, -0.25) is 4.79 Å². The van der Waals surface area contributed by atoms with Crippen LogP contribution in [0.3, 0.4) is 0 Å². The Balaban J connectivity index is 2.41. The summed E-state index contributed by atoms with van der Waals surface area (Å²) in [6, 6.07) is 12.1. The van der Waals surface area contributed by atoms with Crippen LogP contribution in [-0.4, -0.2) is 13.0 Å². The van der Waals surface area contributed by atoms with E-state index in [1.807, 2.05) is 30.3 Å². The summed E-state index contributed by atoms with van der Waals surface area (Å²) in [5.41, 5.74) is 1.04. The Kier molecular flexibility index (Phi) is 3.28. The number of carbonyl (C=O) groups excluding carboxylic acids is 1. The van der Waals surface area contributed by atoms with Crippen LogP contribution in [0.4, 0.5) is 0 Å². The van der Waals surface area contributed by atoms with E-state index in [2.05, 4.69) is 11.4 Å². The summed E-state index contributed by atoms with van der Waals surface area (Å²) in [5.74, 6) is 0.806. The van der Waals surface area contributed by atoms with Crippen molar-refractivity contribution in [3.8, 4) is 5.75 Å². The Morgan fingerprint density at radius 3 is 2.76 bits per heavy atom. The summed E-state index contributed by atoms with van der Waals surface area (Å²) in [4.78, 5) is 10.9. The van der Waals surface area contributed by atoms with Crippen LogP contribution < -0.4 is 10.1 Å². The van der Waals surface area contributed by atoms with E-state index in [4.69, 9.17) is 4.74 Å². The molecular formula is C14H15NO2. The lowest BCUT2D eigenvalue weighted by Gasteiger charge is -2.09. The Labute approximate surface area is 100 Å². The molecule has 0 aliphatic rings. The number of fused-ring (bicyclic) bond motifs is 1. The normalized spacial score (nSPS) is 10.2. The standard InChI is InChI=1S/C14H15NO2/c1-10(16)15-9-11-7-12-5-3-4-6-13(12)14(8-11)17-2/h3-8H,9H2,1-2H3,(H,15,16). The summed E-state index contributed by atoms with van der Waals surface area (Å²) in [6.07, 6.45) is 0. The molecule has 2 rings (SSSR count). The van der Waals surface area contributed by atoms with Gasteiger partial charge in [0.25, 0.3) is 0 Å². The molecule has 3 heteroatoms. The van der Waals surface area contributed by atoms with Gasteiger partial charge in [-0.05, 0) is 23.1 Å². The highest BCUT2D eigenvalue weighted by Crippen LogP contribution is 2.27. The van der Waals surface area contributed by atoms with Gasteiger partial charge in [0.1, 0.15) is 5.75 Å². The minimum atomic E-state index is -0.0304. The number of carbonyl (C=O) groups is 1. The number of methoxy groups -OCH3 is 1. The molecule has 1 N–H and O–H groups in total. The van der Waals surface area contributed by atoms with E-state index in [1.165, 1.54) is 6.92 Å². The lowest BCUT2D eigenvalue weighted by atomic mass is 10.1. The number of hydrogen-bond donors (Lipinski definition) is 1. The van der Waals surface area contributed by atoms with Gasteiger partial charge in [0, 0.05) is 18.9 Å². The van der Waals surface area contributed by atoms with E-state index in [-0.39, 0.29) is 5.91 Å². The first-order valence-corrected chi connectivity index (χ1v) is 5.51. The fourth-order valence-corrected chi connectivity index (χ4v) is 1.83. The van der Waals surface area contributed by atoms with Gasteiger partial charge in [0.15, 0.2) is 0 Å². The van der Waals surface area contributed by atoms with Crippen molar-refractivity contribution in [2.45, 2.75) is 13.5 Å². The van der Waals surface area contributed by atoms with Crippen LogP contribution in [-0.2, 0) is 11.3 Å². The van der Waals surface area contributed by atoms with E-state index >= 15 is 0 Å². The molecule has 0 fully saturated rings. The van der Waals surface area contributed by atoms with Gasteiger partial charge >= 0.3 is 0 Å². The van der Waals surface area contributed by atoms with Crippen molar-refractivity contribution in [2.75, 3.05) is 7.11 Å². The molecule has 0 radical (unpaired) electrons. The first kappa shape index (κ1) is 11.5. The van der Waals surface area contributed by atoms with Crippen molar-refractivity contribution in [3.05, 3.63) is 42.0 Å². The Morgan fingerprint density at radius 2 is 2.06 bits per heavy atom. The fourth-order valence-electron chi connectivity index (χ4n) is 1.83. The number of ether oxygens (including phenoxy) is 1. The van der Waals surface area contributed by atoms with E-state index in [9.17, 15) is 4.79 Å². The molecule has 0 unspecified atom stereocenters. The van der Waals surface area contributed by atoms with Crippen molar-refractivity contribution in [2.24, 2.45) is 0 Å². The zero-order chi connectivity index (χ0) is 12.3. The lowest BCUT2D eigenvalue weighted by Crippen LogP contribution is -2.18. The summed E-state index contributed by atoms with van der Waals surface area (Å²) in [5, 5.41) is 4.99. The van der Waals surface area contributed by atoms with Crippen molar-refractivity contribution in [3.63, 3.8) is 0 Å². The lowest BCUT2D eigenvalue weighted by molar-refractivity contribution is -0.119. The average molecular weight is 229 g/mol. The summed E-state index contributed by atoms with van der Waals surface area (Å²) < 4.78 is 5.36. The summed E-state index contributed by atoms with van der Waals surface area (Å²) in [7, 11) is 1.66. The average Bonchev–Trinajstić information content (AvgIpc) is 2.35. The van der Waals surface area contributed by atoms with Crippen LogP contribution in [0.5, 0.6) is 5.75 Å². The molecule has 0 aliphatic carbocycles. The monoisotopic (exact) mass is 229 g/mol. The largest absolute Gasteiger partial charge is 0.496 e. The van der Waals surface area contributed by atoms with Crippen LogP contribution in [0.25, 0.3) is 10.8 Å². The molecule has 0 aliphatic heterocycles. The molecule has 0 spiro atoms. The van der Waals surface area contributed by atoms with E-state index in [1.54, 1.807) is 7.11 Å². The van der Waals surface area contributed by atoms with Crippen LogP contribution >= 0.6 is 0 Å². The predicted molar refractivity (Wildman–Crippen MR) is 68.0 cm³/mol. The Bertz CT molecular complexity index is 549. The first-order valence-electron chi connectivity index (χ1n) is 5.51. The van der Waals surface area contributed by atoms with E-state index in [0.717, 1.165) is 22.1 Å². The van der Waals surface area contributed by atoms with Crippen LogP contribution in [0.15, 0.2) is 36.4 Å². The molecule has 17 heavy (non-hydrogen) atoms. The fraction of sp³-hybridized carbons (Fsp3) is 0.214. The smallest absolute Gasteiger partial charge is 0.217 e. The molecule has 1 amide bonds. The minimum absolute atomic E-state index is 0.0304. The van der Waals surface area contributed by atoms with Gasteiger partial charge in [-0.2, -0.15) is 0 Å². The Morgan fingerprint density at radius 1 is 1.29 bits per heavy atom. The van der Waals surface area contributed by atoms with E-state index < -0.39 is 0 Å². The summed E-state index contributed by atoms with van der Waals surface area (Å²) in [6.45, 7) is 2.04. The molecular weight excluding hydrogens is 214 g/mol. The third kappa shape index (κ3) is 2.56. The van der Waals surface area contributed by atoms with Crippen molar-refractivity contribution in [1.82, 2.24) is 5.32 Å². The molecule has 0 atom stereocenters. The maximum absolute atomic E-state index is 10.9. The second-order valence-corrected chi connectivity index (χ2v) is 3.93. The SMILES string of the molecule is COc1cc(CNC(C)=O)cc2ccccc12. The number of hydrogen-bond acceptors (Lipinski definition) is 2. The highest BCUT2D eigenvalue weighted by molar-refractivity contribution is 5.89. The maximum atomic E-state index is 10.9. The molecule has 0 heterocycles. The predicted octanol–water partition coefficient (Wildman–Crippen LogP) is 2.48. The molecule has 0 saturated carbocycles.